The average molecular weight is 494 g/mol. The number of fused-ring (bicyclic) bond motifs is 1. The molecule has 2 amide bonds. The van der Waals surface area contributed by atoms with Gasteiger partial charge >= 0.3 is 0 Å². The quantitative estimate of drug-likeness (QED) is 0.458. The Kier molecular flexibility index (Phi) is 6.64. The van der Waals surface area contributed by atoms with E-state index in [0.717, 1.165) is 16.9 Å². The number of nitrogens with zero attached hydrogens (tertiary/aromatic N) is 2. The third-order valence-electron chi connectivity index (χ3n) is 7.06. The number of nitrogens with one attached hydrogen (secondary N) is 3. The van der Waals surface area contributed by atoms with E-state index in [4.69, 9.17) is 4.74 Å². The van der Waals surface area contributed by atoms with Crippen LogP contribution in [0.5, 0.6) is 5.75 Å². The largest absolute Gasteiger partial charge is 0.493 e. The van der Waals surface area contributed by atoms with Crippen LogP contribution in [0, 0.1) is 19.8 Å². The van der Waals surface area contributed by atoms with Crippen LogP contribution in [0.1, 0.15) is 60.6 Å². The van der Waals surface area contributed by atoms with Crippen LogP contribution in [0.15, 0.2) is 24.5 Å². The number of aromatic nitrogens is 3. The standard InChI is InChI=1S/C27H32FN5O3/c1-14-4-9-22(36-12-17-5-6-17)19(10-14)24-26-25(30-13-29-24)23(15(2)31-26)27(35)33-21-8-7-18(11-20(21)28)32-16(3)34/h4,9-10,13,17-18,20-21,31H,5-8,11-12H2,1-3H3,(H,32,34)(H,33,35)/t18-,20-,21-/m1/s1. The SMILES string of the molecule is CC(=O)N[C@@H]1CC[C@@H](NC(=O)c2c(C)[nH]c3c(-c4cc(C)ccc4OCC4CC4)ncnc23)[C@H](F)C1. The molecule has 9 heteroatoms. The van der Waals surface area contributed by atoms with Crippen molar-refractivity contribution < 1.29 is 18.7 Å². The minimum Gasteiger partial charge on any atom is -0.493 e. The van der Waals surface area contributed by atoms with E-state index in [1.165, 1.54) is 26.1 Å². The summed E-state index contributed by atoms with van der Waals surface area (Å²) in [4.78, 5) is 36.9. The molecule has 0 aliphatic heterocycles. The molecule has 3 atom stereocenters. The fourth-order valence-corrected chi connectivity index (χ4v) is 4.99. The molecule has 0 spiro atoms. The first-order valence-electron chi connectivity index (χ1n) is 12.6. The number of amides is 2. The number of carbonyl (C=O) groups is 2. The number of ether oxygens (including phenoxy) is 1. The molecule has 2 aromatic heterocycles. The van der Waals surface area contributed by atoms with E-state index >= 15 is 0 Å². The number of H-pyrrole nitrogens is 1. The van der Waals surface area contributed by atoms with Crippen LogP contribution in [0.2, 0.25) is 0 Å². The van der Waals surface area contributed by atoms with Crippen LogP contribution >= 0.6 is 0 Å². The second-order valence-electron chi connectivity index (χ2n) is 10.1. The number of aryl methyl sites for hydroxylation is 2. The van der Waals surface area contributed by atoms with Crippen molar-refractivity contribution in [3.63, 3.8) is 0 Å². The van der Waals surface area contributed by atoms with Crippen LogP contribution in [-0.4, -0.2) is 51.6 Å². The highest BCUT2D eigenvalue weighted by Gasteiger charge is 2.33. The van der Waals surface area contributed by atoms with Gasteiger partial charge in [-0.05, 0) is 57.6 Å². The molecule has 3 N–H and O–H groups in total. The Morgan fingerprint density at radius 1 is 1.14 bits per heavy atom. The van der Waals surface area contributed by atoms with Gasteiger partial charge in [0.05, 0.1) is 23.7 Å². The molecule has 0 radical (unpaired) electrons. The van der Waals surface area contributed by atoms with Crippen molar-refractivity contribution in [2.45, 2.75) is 71.1 Å². The molecule has 2 aliphatic rings. The van der Waals surface area contributed by atoms with E-state index in [-0.39, 0.29) is 24.3 Å². The molecule has 2 aliphatic carbocycles. The van der Waals surface area contributed by atoms with Crippen LogP contribution in [0.25, 0.3) is 22.3 Å². The summed E-state index contributed by atoms with van der Waals surface area (Å²) in [7, 11) is 0. The van der Waals surface area contributed by atoms with Crippen LogP contribution in [0.4, 0.5) is 4.39 Å². The molecular weight excluding hydrogens is 461 g/mol. The zero-order valence-corrected chi connectivity index (χ0v) is 20.9. The minimum atomic E-state index is -1.24. The molecule has 3 aromatic rings. The Morgan fingerprint density at radius 2 is 1.94 bits per heavy atom. The molecule has 8 nitrogen and oxygen atoms in total. The second kappa shape index (κ2) is 9.87. The van der Waals surface area contributed by atoms with Crippen molar-refractivity contribution >= 4 is 22.8 Å². The number of benzene rings is 1. The normalized spacial score (nSPS) is 21.8. The topological polar surface area (TPSA) is 109 Å². The van der Waals surface area contributed by atoms with Gasteiger partial charge in [0.2, 0.25) is 5.91 Å². The van der Waals surface area contributed by atoms with Gasteiger partial charge in [0.1, 0.15) is 29.5 Å². The Hall–Kier alpha value is -3.49. The number of aromatic amines is 1. The first-order valence-corrected chi connectivity index (χ1v) is 12.6. The Labute approximate surface area is 209 Å². The molecule has 0 saturated heterocycles. The molecule has 2 heterocycles. The summed E-state index contributed by atoms with van der Waals surface area (Å²) in [5.74, 6) is 0.819. The smallest absolute Gasteiger partial charge is 0.255 e. The third-order valence-corrected chi connectivity index (χ3v) is 7.06. The number of hydrogen-bond donors (Lipinski definition) is 3. The summed E-state index contributed by atoms with van der Waals surface area (Å²) in [6, 6.07) is 5.18. The van der Waals surface area contributed by atoms with E-state index in [1.807, 2.05) is 32.0 Å². The fraction of sp³-hybridized carbons (Fsp3) is 0.481. The predicted octanol–water partition coefficient (Wildman–Crippen LogP) is 4.16. The second-order valence-corrected chi connectivity index (χ2v) is 10.1. The van der Waals surface area contributed by atoms with Gasteiger partial charge in [-0.2, -0.15) is 0 Å². The molecule has 5 rings (SSSR count). The minimum absolute atomic E-state index is 0.172. The van der Waals surface area contributed by atoms with Crippen molar-refractivity contribution in [2.24, 2.45) is 5.92 Å². The Balaban J connectivity index is 1.41. The molecular formula is C27H32FN5O3. The van der Waals surface area contributed by atoms with Gasteiger partial charge in [-0.1, -0.05) is 11.6 Å². The lowest BCUT2D eigenvalue weighted by Crippen LogP contribution is -2.49. The molecule has 2 saturated carbocycles. The molecule has 1 aromatic carbocycles. The fourth-order valence-electron chi connectivity index (χ4n) is 4.99. The van der Waals surface area contributed by atoms with Gasteiger partial charge in [-0.25, -0.2) is 14.4 Å². The van der Waals surface area contributed by atoms with Crippen LogP contribution in [0.3, 0.4) is 0 Å². The number of halogens is 1. The van der Waals surface area contributed by atoms with Gasteiger partial charge in [-0.15, -0.1) is 0 Å². The van der Waals surface area contributed by atoms with Crippen molar-refractivity contribution in [2.75, 3.05) is 6.61 Å². The number of carbonyl (C=O) groups excluding carboxylic acids is 2. The van der Waals surface area contributed by atoms with Gasteiger partial charge in [0.25, 0.3) is 5.91 Å². The maximum Gasteiger partial charge on any atom is 0.255 e. The van der Waals surface area contributed by atoms with E-state index in [0.29, 0.717) is 53.4 Å². The van der Waals surface area contributed by atoms with E-state index < -0.39 is 12.2 Å². The monoisotopic (exact) mass is 493 g/mol. The number of rotatable bonds is 7. The van der Waals surface area contributed by atoms with E-state index in [9.17, 15) is 14.0 Å². The molecule has 36 heavy (non-hydrogen) atoms. The van der Waals surface area contributed by atoms with E-state index in [2.05, 4.69) is 25.6 Å². The lowest BCUT2D eigenvalue weighted by molar-refractivity contribution is -0.120. The highest BCUT2D eigenvalue weighted by Crippen LogP contribution is 2.37. The van der Waals surface area contributed by atoms with E-state index in [1.54, 1.807) is 0 Å². The zero-order chi connectivity index (χ0) is 25.4. The molecule has 0 bridgehead atoms. The average Bonchev–Trinajstić information content (AvgIpc) is 3.59. The Bertz CT molecular complexity index is 1300. The lowest BCUT2D eigenvalue weighted by atomic mass is 9.89. The molecule has 2 fully saturated rings. The van der Waals surface area contributed by atoms with Crippen LogP contribution in [-0.2, 0) is 4.79 Å². The maximum atomic E-state index is 14.9. The van der Waals surface area contributed by atoms with Gasteiger partial charge in [0, 0.05) is 30.6 Å². The molecule has 190 valence electrons. The first-order chi connectivity index (χ1) is 17.3. The summed E-state index contributed by atoms with van der Waals surface area (Å²) in [5.41, 5.74) is 4.74. The predicted molar refractivity (Wildman–Crippen MR) is 135 cm³/mol. The number of hydrogen-bond acceptors (Lipinski definition) is 5. The summed E-state index contributed by atoms with van der Waals surface area (Å²) in [6.45, 7) is 5.92. The maximum absolute atomic E-state index is 14.9. The van der Waals surface area contributed by atoms with Crippen molar-refractivity contribution in [1.82, 2.24) is 25.6 Å². The van der Waals surface area contributed by atoms with Gasteiger partial charge < -0.3 is 20.4 Å². The number of alkyl halides is 1. The third kappa shape index (κ3) is 5.05. The summed E-state index contributed by atoms with van der Waals surface area (Å²) < 4.78 is 21.0. The lowest BCUT2D eigenvalue weighted by Gasteiger charge is -2.32. The molecule has 0 unspecified atom stereocenters. The summed E-state index contributed by atoms with van der Waals surface area (Å²) in [5, 5.41) is 5.64. The van der Waals surface area contributed by atoms with Crippen molar-refractivity contribution in [1.29, 1.82) is 0 Å². The van der Waals surface area contributed by atoms with Gasteiger partial charge in [0.15, 0.2) is 0 Å². The van der Waals surface area contributed by atoms with Crippen LogP contribution < -0.4 is 15.4 Å². The summed E-state index contributed by atoms with van der Waals surface area (Å²) >= 11 is 0. The Morgan fingerprint density at radius 3 is 2.67 bits per heavy atom. The van der Waals surface area contributed by atoms with Gasteiger partial charge in [-0.3, -0.25) is 9.59 Å². The van der Waals surface area contributed by atoms with Crippen molar-refractivity contribution in [3.8, 4) is 17.0 Å². The first kappa shape index (κ1) is 24.2. The van der Waals surface area contributed by atoms with Crippen molar-refractivity contribution in [3.05, 3.63) is 41.3 Å². The highest BCUT2D eigenvalue weighted by molar-refractivity contribution is 6.09. The highest BCUT2D eigenvalue weighted by atomic mass is 19.1. The zero-order valence-electron chi connectivity index (χ0n) is 20.9. The summed E-state index contributed by atoms with van der Waals surface area (Å²) in [6.07, 6.45) is 3.84.